The fourth-order valence-corrected chi connectivity index (χ4v) is 2.15. The predicted molar refractivity (Wildman–Crippen MR) is 79.5 cm³/mol. The van der Waals surface area contributed by atoms with E-state index in [0.717, 1.165) is 25.7 Å². The van der Waals surface area contributed by atoms with Gasteiger partial charge in [-0.1, -0.05) is 58.3 Å². The third-order valence-corrected chi connectivity index (χ3v) is 3.34. The van der Waals surface area contributed by atoms with Crippen molar-refractivity contribution in [2.75, 3.05) is 0 Å². The lowest BCUT2D eigenvalue weighted by Crippen LogP contribution is -1.97. The second-order valence-corrected chi connectivity index (χ2v) is 5.17. The standard InChI is InChI=1S/C17H30O/c1-3-5-7-8-9-10-11-12-14-16-17(18)15-13-6-4-2/h2H,3,5-16H2,1H3. The summed E-state index contributed by atoms with van der Waals surface area (Å²) in [5.41, 5.74) is 0. The van der Waals surface area contributed by atoms with Gasteiger partial charge in [-0.25, -0.2) is 0 Å². The average Bonchev–Trinajstić information content (AvgIpc) is 2.37. The molecule has 0 aliphatic heterocycles. The van der Waals surface area contributed by atoms with Crippen LogP contribution in [-0.4, -0.2) is 5.78 Å². The highest BCUT2D eigenvalue weighted by Crippen LogP contribution is 2.11. The maximum Gasteiger partial charge on any atom is 0.132 e. The lowest BCUT2D eigenvalue weighted by molar-refractivity contribution is -0.119. The van der Waals surface area contributed by atoms with E-state index < -0.39 is 0 Å². The molecule has 0 fully saturated rings. The maximum absolute atomic E-state index is 11.5. The van der Waals surface area contributed by atoms with Gasteiger partial charge in [0.15, 0.2) is 0 Å². The van der Waals surface area contributed by atoms with Crippen LogP contribution in [0.25, 0.3) is 0 Å². The maximum atomic E-state index is 11.5. The molecular weight excluding hydrogens is 220 g/mol. The Morgan fingerprint density at radius 1 is 0.833 bits per heavy atom. The SMILES string of the molecule is C#CCCCC(=O)CCCCCCCCCCC. The van der Waals surface area contributed by atoms with Crippen LogP contribution in [0.15, 0.2) is 0 Å². The number of hydrogen-bond donors (Lipinski definition) is 0. The number of Topliss-reactive ketones (excluding diaryl/α,β-unsaturated/α-hetero) is 1. The van der Waals surface area contributed by atoms with Crippen molar-refractivity contribution >= 4 is 5.78 Å². The lowest BCUT2D eigenvalue weighted by Gasteiger charge is -2.02. The summed E-state index contributed by atoms with van der Waals surface area (Å²) in [6.45, 7) is 2.25. The largest absolute Gasteiger partial charge is 0.300 e. The average molecular weight is 250 g/mol. The Labute approximate surface area is 114 Å². The molecule has 0 amide bonds. The van der Waals surface area contributed by atoms with Crippen LogP contribution in [0.3, 0.4) is 0 Å². The van der Waals surface area contributed by atoms with Crippen LogP contribution in [0.1, 0.15) is 90.4 Å². The molecule has 0 aliphatic rings. The highest BCUT2D eigenvalue weighted by Gasteiger charge is 2.00. The quantitative estimate of drug-likeness (QED) is 0.321. The van der Waals surface area contributed by atoms with Gasteiger partial charge in [-0.15, -0.1) is 12.3 Å². The van der Waals surface area contributed by atoms with Crippen molar-refractivity contribution in [3.05, 3.63) is 0 Å². The minimum Gasteiger partial charge on any atom is -0.300 e. The molecule has 0 saturated carbocycles. The highest BCUT2D eigenvalue weighted by molar-refractivity contribution is 5.78. The Hall–Kier alpha value is -0.770. The first-order valence-electron chi connectivity index (χ1n) is 7.76. The molecule has 0 aliphatic carbocycles. The first-order valence-corrected chi connectivity index (χ1v) is 7.76. The van der Waals surface area contributed by atoms with Gasteiger partial charge >= 0.3 is 0 Å². The lowest BCUT2D eigenvalue weighted by atomic mass is 10.0. The molecule has 0 heterocycles. The third-order valence-electron chi connectivity index (χ3n) is 3.34. The minimum absolute atomic E-state index is 0.396. The summed E-state index contributed by atoms with van der Waals surface area (Å²) in [4.78, 5) is 11.5. The van der Waals surface area contributed by atoms with Gasteiger partial charge in [-0.3, -0.25) is 4.79 Å². The third kappa shape index (κ3) is 13.3. The predicted octanol–water partition coefficient (Wildman–Crippen LogP) is 5.28. The number of hydrogen-bond acceptors (Lipinski definition) is 1. The first-order chi connectivity index (χ1) is 8.81. The summed E-state index contributed by atoms with van der Waals surface area (Å²) >= 11 is 0. The number of terminal acetylenes is 1. The molecule has 104 valence electrons. The van der Waals surface area contributed by atoms with Gasteiger partial charge in [0.1, 0.15) is 5.78 Å². The zero-order valence-corrected chi connectivity index (χ0v) is 12.2. The van der Waals surface area contributed by atoms with Crippen LogP contribution in [0.5, 0.6) is 0 Å². The molecule has 0 saturated heterocycles. The van der Waals surface area contributed by atoms with E-state index >= 15 is 0 Å². The zero-order valence-electron chi connectivity index (χ0n) is 12.2. The van der Waals surface area contributed by atoms with Crippen LogP contribution >= 0.6 is 0 Å². The Balaban J connectivity index is 3.10. The van der Waals surface area contributed by atoms with E-state index in [9.17, 15) is 4.79 Å². The van der Waals surface area contributed by atoms with Gasteiger partial charge in [0.25, 0.3) is 0 Å². The second-order valence-electron chi connectivity index (χ2n) is 5.17. The Morgan fingerprint density at radius 3 is 1.89 bits per heavy atom. The van der Waals surface area contributed by atoms with E-state index in [1.165, 1.54) is 51.4 Å². The number of rotatable bonds is 13. The number of carbonyl (C=O) groups excluding carboxylic acids is 1. The van der Waals surface area contributed by atoms with Crippen LogP contribution in [-0.2, 0) is 4.79 Å². The molecule has 0 bridgehead atoms. The first kappa shape index (κ1) is 17.2. The smallest absolute Gasteiger partial charge is 0.132 e. The van der Waals surface area contributed by atoms with Gasteiger partial charge in [0.2, 0.25) is 0 Å². The van der Waals surface area contributed by atoms with Crippen molar-refractivity contribution in [2.45, 2.75) is 90.4 Å². The molecule has 0 N–H and O–H groups in total. The number of carbonyl (C=O) groups is 1. The zero-order chi connectivity index (χ0) is 13.5. The summed E-state index contributed by atoms with van der Waals surface area (Å²) in [6.07, 6.45) is 20.0. The van der Waals surface area contributed by atoms with Gasteiger partial charge in [0.05, 0.1) is 0 Å². The molecule has 0 spiro atoms. The Bertz CT molecular complexity index is 224. The normalized spacial score (nSPS) is 10.2. The van der Waals surface area contributed by atoms with Crippen LogP contribution in [0.4, 0.5) is 0 Å². The summed E-state index contributed by atoms with van der Waals surface area (Å²) in [6, 6.07) is 0. The number of unbranched alkanes of at least 4 members (excludes halogenated alkanes) is 9. The summed E-state index contributed by atoms with van der Waals surface area (Å²) in [7, 11) is 0. The summed E-state index contributed by atoms with van der Waals surface area (Å²) in [5, 5.41) is 0. The van der Waals surface area contributed by atoms with Crippen LogP contribution in [0, 0.1) is 12.3 Å². The molecule has 0 aromatic heterocycles. The van der Waals surface area contributed by atoms with Crippen molar-refractivity contribution in [1.29, 1.82) is 0 Å². The molecule has 0 aromatic rings. The van der Waals surface area contributed by atoms with E-state index in [0.29, 0.717) is 12.2 Å². The van der Waals surface area contributed by atoms with E-state index in [4.69, 9.17) is 6.42 Å². The van der Waals surface area contributed by atoms with Gasteiger partial charge in [0, 0.05) is 19.3 Å². The Morgan fingerprint density at radius 2 is 1.33 bits per heavy atom. The second kappa shape index (κ2) is 14.3. The highest BCUT2D eigenvalue weighted by atomic mass is 16.1. The molecule has 0 atom stereocenters. The minimum atomic E-state index is 0.396. The van der Waals surface area contributed by atoms with E-state index in [1.54, 1.807) is 0 Å². The van der Waals surface area contributed by atoms with Crippen molar-refractivity contribution in [2.24, 2.45) is 0 Å². The van der Waals surface area contributed by atoms with E-state index in [-0.39, 0.29) is 0 Å². The fourth-order valence-electron chi connectivity index (χ4n) is 2.15. The Kier molecular flexibility index (Phi) is 13.7. The van der Waals surface area contributed by atoms with Gasteiger partial charge < -0.3 is 0 Å². The summed E-state index contributed by atoms with van der Waals surface area (Å²) < 4.78 is 0. The molecule has 1 heteroatoms. The van der Waals surface area contributed by atoms with Crippen molar-refractivity contribution < 1.29 is 4.79 Å². The molecule has 0 radical (unpaired) electrons. The molecule has 1 nitrogen and oxygen atoms in total. The molecule has 0 aromatic carbocycles. The van der Waals surface area contributed by atoms with E-state index in [1.807, 2.05) is 0 Å². The topological polar surface area (TPSA) is 17.1 Å². The van der Waals surface area contributed by atoms with Crippen molar-refractivity contribution in [1.82, 2.24) is 0 Å². The van der Waals surface area contributed by atoms with E-state index in [2.05, 4.69) is 12.8 Å². The van der Waals surface area contributed by atoms with Crippen molar-refractivity contribution in [3.8, 4) is 12.3 Å². The van der Waals surface area contributed by atoms with Gasteiger partial charge in [-0.2, -0.15) is 0 Å². The monoisotopic (exact) mass is 250 g/mol. The van der Waals surface area contributed by atoms with Gasteiger partial charge in [-0.05, 0) is 12.8 Å². The molecular formula is C17H30O. The number of ketones is 1. The molecule has 0 unspecified atom stereocenters. The van der Waals surface area contributed by atoms with Crippen LogP contribution < -0.4 is 0 Å². The molecule has 18 heavy (non-hydrogen) atoms. The molecule has 0 rings (SSSR count). The van der Waals surface area contributed by atoms with Crippen LogP contribution in [0.2, 0.25) is 0 Å². The fraction of sp³-hybridized carbons (Fsp3) is 0.824. The van der Waals surface area contributed by atoms with Crippen molar-refractivity contribution in [3.63, 3.8) is 0 Å². The summed E-state index contributed by atoms with van der Waals surface area (Å²) in [5.74, 6) is 2.97.